The van der Waals surface area contributed by atoms with Crippen LogP contribution in [-0.4, -0.2) is 43.4 Å². The normalized spacial score (nSPS) is 21.9. The van der Waals surface area contributed by atoms with Gasteiger partial charge in [0.25, 0.3) is 5.91 Å². The zero-order valence-corrected chi connectivity index (χ0v) is 16.1. The minimum Gasteiger partial charge on any atom is -0.493 e. The topological polar surface area (TPSA) is 67.9 Å². The highest BCUT2D eigenvalue weighted by atomic mass is 16.5. The Hall–Kier alpha value is -2.50. The van der Waals surface area contributed by atoms with E-state index in [-0.39, 0.29) is 23.7 Å². The van der Waals surface area contributed by atoms with Crippen molar-refractivity contribution in [1.29, 1.82) is 0 Å². The number of benzene rings is 1. The van der Waals surface area contributed by atoms with Crippen LogP contribution in [0.2, 0.25) is 0 Å². The van der Waals surface area contributed by atoms with Crippen LogP contribution in [0.5, 0.6) is 11.5 Å². The van der Waals surface area contributed by atoms with Gasteiger partial charge in [0.05, 0.1) is 19.8 Å². The van der Waals surface area contributed by atoms with Crippen molar-refractivity contribution in [2.75, 3.05) is 20.8 Å². The lowest BCUT2D eigenvalue weighted by Crippen LogP contribution is -2.40. The molecule has 2 fully saturated rings. The third kappa shape index (κ3) is 3.40. The van der Waals surface area contributed by atoms with Gasteiger partial charge in [0.2, 0.25) is 0 Å². The molecule has 1 amide bonds. The van der Waals surface area contributed by atoms with Crippen molar-refractivity contribution in [1.82, 2.24) is 10.2 Å². The lowest BCUT2D eigenvalue weighted by molar-refractivity contribution is -0.116. The standard InChI is InChI=1S/C21H26N2O4/c1-4-23-10-13-7-18(26-2)19(27-3)9-14(13)16(11-23)21(25)22-20(12-5-6-12)15-8-17(15)24/h7,9,11-12,15,20H,4-6,8,10H2,1-3H3,(H,22,25). The van der Waals surface area contributed by atoms with Crippen LogP contribution in [0.3, 0.4) is 0 Å². The molecule has 2 saturated carbocycles. The van der Waals surface area contributed by atoms with Crippen LogP contribution in [-0.2, 0) is 16.1 Å². The Morgan fingerprint density at radius 2 is 1.93 bits per heavy atom. The molecule has 3 aliphatic rings. The number of ether oxygens (including phenoxy) is 2. The molecule has 1 aliphatic heterocycles. The van der Waals surface area contributed by atoms with Crippen LogP contribution in [0.1, 0.15) is 37.3 Å². The van der Waals surface area contributed by atoms with E-state index in [1.165, 1.54) is 0 Å². The molecule has 27 heavy (non-hydrogen) atoms. The smallest absolute Gasteiger partial charge is 0.253 e. The maximum Gasteiger partial charge on any atom is 0.253 e. The van der Waals surface area contributed by atoms with Crippen molar-refractivity contribution in [3.63, 3.8) is 0 Å². The van der Waals surface area contributed by atoms with E-state index in [1.54, 1.807) is 14.2 Å². The lowest BCUT2D eigenvalue weighted by Gasteiger charge is -2.29. The minimum absolute atomic E-state index is 0.0118. The van der Waals surface area contributed by atoms with Gasteiger partial charge in [0, 0.05) is 37.7 Å². The molecule has 1 N–H and O–H groups in total. The zero-order valence-electron chi connectivity index (χ0n) is 16.1. The van der Waals surface area contributed by atoms with Crippen molar-refractivity contribution in [2.24, 2.45) is 11.8 Å². The molecular formula is C21H26N2O4. The molecule has 1 aromatic rings. The first-order chi connectivity index (χ1) is 13.0. The summed E-state index contributed by atoms with van der Waals surface area (Å²) in [6.07, 6.45) is 4.71. The van der Waals surface area contributed by atoms with Crippen LogP contribution < -0.4 is 14.8 Å². The second-order valence-electron chi connectivity index (χ2n) is 7.58. The lowest BCUT2D eigenvalue weighted by atomic mass is 9.94. The quantitative estimate of drug-likeness (QED) is 0.798. The van der Waals surface area contributed by atoms with Crippen LogP contribution in [0.4, 0.5) is 0 Å². The summed E-state index contributed by atoms with van der Waals surface area (Å²) < 4.78 is 10.9. The Morgan fingerprint density at radius 1 is 1.26 bits per heavy atom. The predicted octanol–water partition coefficient (Wildman–Crippen LogP) is 2.36. The van der Waals surface area contributed by atoms with E-state index in [1.807, 2.05) is 18.3 Å². The van der Waals surface area contributed by atoms with Gasteiger partial charge >= 0.3 is 0 Å². The highest BCUT2D eigenvalue weighted by molar-refractivity contribution is 6.20. The molecule has 0 saturated heterocycles. The van der Waals surface area contributed by atoms with Gasteiger partial charge in [-0.2, -0.15) is 0 Å². The van der Waals surface area contributed by atoms with Crippen molar-refractivity contribution in [3.05, 3.63) is 29.5 Å². The molecule has 6 heteroatoms. The minimum atomic E-state index is -0.113. The number of ketones is 1. The molecule has 2 aliphatic carbocycles. The van der Waals surface area contributed by atoms with Crippen molar-refractivity contribution < 1.29 is 19.1 Å². The molecule has 1 heterocycles. The van der Waals surface area contributed by atoms with E-state index >= 15 is 0 Å². The summed E-state index contributed by atoms with van der Waals surface area (Å²) >= 11 is 0. The van der Waals surface area contributed by atoms with Gasteiger partial charge in [-0.1, -0.05) is 0 Å². The summed E-state index contributed by atoms with van der Waals surface area (Å²) in [7, 11) is 3.21. The number of hydrogen-bond donors (Lipinski definition) is 1. The largest absolute Gasteiger partial charge is 0.493 e. The molecule has 2 unspecified atom stereocenters. The molecule has 144 valence electrons. The average molecular weight is 370 g/mol. The number of fused-ring (bicyclic) bond motifs is 1. The summed E-state index contributed by atoms with van der Waals surface area (Å²) in [5, 5.41) is 3.17. The fraction of sp³-hybridized carbons (Fsp3) is 0.524. The van der Waals surface area contributed by atoms with Gasteiger partial charge in [-0.15, -0.1) is 0 Å². The van der Waals surface area contributed by atoms with Crippen LogP contribution >= 0.6 is 0 Å². The van der Waals surface area contributed by atoms with Gasteiger partial charge in [0.15, 0.2) is 11.5 Å². The first-order valence-electron chi connectivity index (χ1n) is 9.60. The number of carbonyl (C=O) groups excluding carboxylic acids is 2. The maximum atomic E-state index is 13.2. The monoisotopic (exact) mass is 370 g/mol. The number of nitrogens with one attached hydrogen (secondary N) is 1. The average Bonchev–Trinajstić information content (AvgIpc) is 3.61. The Bertz CT molecular complexity index is 813. The number of carbonyl (C=O) groups is 2. The molecule has 0 bridgehead atoms. The zero-order chi connectivity index (χ0) is 19.1. The van der Waals surface area contributed by atoms with Crippen LogP contribution in [0.15, 0.2) is 18.3 Å². The Kier molecular flexibility index (Phi) is 4.58. The van der Waals surface area contributed by atoms with Gasteiger partial charge in [0.1, 0.15) is 5.78 Å². The highest BCUT2D eigenvalue weighted by Gasteiger charge is 2.49. The van der Waals surface area contributed by atoms with Gasteiger partial charge in [-0.05, 0) is 48.9 Å². The number of nitrogens with zero attached hydrogens (tertiary/aromatic N) is 1. The van der Waals surface area contributed by atoms with E-state index in [4.69, 9.17) is 9.47 Å². The number of amides is 1. The number of Topliss-reactive ketones (excluding diaryl/α,β-unsaturated/α-hetero) is 1. The van der Waals surface area contributed by atoms with Crippen molar-refractivity contribution in [2.45, 2.75) is 38.8 Å². The van der Waals surface area contributed by atoms with E-state index in [0.29, 0.717) is 29.4 Å². The van der Waals surface area contributed by atoms with Gasteiger partial charge in [-0.3, -0.25) is 9.59 Å². The molecule has 0 aromatic heterocycles. The first kappa shape index (κ1) is 17.9. The van der Waals surface area contributed by atoms with Gasteiger partial charge < -0.3 is 19.7 Å². The third-order valence-electron chi connectivity index (χ3n) is 5.77. The predicted molar refractivity (Wildman–Crippen MR) is 101 cm³/mol. The summed E-state index contributed by atoms with van der Waals surface area (Å²) in [5.41, 5.74) is 2.52. The molecule has 2 atom stereocenters. The molecule has 4 rings (SSSR count). The molecule has 0 spiro atoms. The van der Waals surface area contributed by atoms with E-state index in [0.717, 1.165) is 37.1 Å². The molecular weight excluding hydrogens is 344 g/mol. The highest BCUT2D eigenvalue weighted by Crippen LogP contribution is 2.43. The number of methoxy groups -OCH3 is 2. The van der Waals surface area contributed by atoms with Crippen molar-refractivity contribution >= 4 is 17.3 Å². The SMILES string of the molecule is CCN1C=C(C(=O)NC(C2CC2)C2CC2=O)c2cc(OC)c(OC)cc2C1. The Labute approximate surface area is 159 Å². The first-order valence-corrected chi connectivity index (χ1v) is 9.60. The van der Waals surface area contributed by atoms with Gasteiger partial charge in [-0.25, -0.2) is 0 Å². The van der Waals surface area contributed by atoms with E-state index in [9.17, 15) is 9.59 Å². The second-order valence-corrected chi connectivity index (χ2v) is 7.58. The number of hydrogen-bond acceptors (Lipinski definition) is 5. The summed E-state index contributed by atoms with van der Waals surface area (Å²) in [4.78, 5) is 26.9. The van der Waals surface area contributed by atoms with E-state index < -0.39 is 0 Å². The molecule has 1 aromatic carbocycles. The van der Waals surface area contributed by atoms with E-state index in [2.05, 4.69) is 17.1 Å². The fourth-order valence-corrected chi connectivity index (χ4v) is 3.92. The Morgan fingerprint density at radius 3 is 2.48 bits per heavy atom. The fourth-order valence-electron chi connectivity index (χ4n) is 3.92. The summed E-state index contributed by atoms with van der Waals surface area (Å²) in [6.45, 7) is 3.58. The molecule has 0 radical (unpaired) electrons. The van der Waals surface area contributed by atoms with Crippen LogP contribution in [0.25, 0.3) is 5.57 Å². The third-order valence-corrected chi connectivity index (χ3v) is 5.77. The van der Waals surface area contributed by atoms with Crippen molar-refractivity contribution in [3.8, 4) is 11.5 Å². The van der Waals surface area contributed by atoms with Crippen LogP contribution in [0, 0.1) is 11.8 Å². The maximum absolute atomic E-state index is 13.2. The Balaban J connectivity index is 1.65. The summed E-state index contributed by atoms with van der Waals surface area (Å²) in [6, 6.07) is 3.80. The summed E-state index contributed by atoms with van der Waals surface area (Å²) in [5.74, 6) is 1.88. The number of rotatable bonds is 7. The molecule has 6 nitrogen and oxygen atoms in total. The second kappa shape index (κ2) is 6.91.